The van der Waals surface area contributed by atoms with Gasteiger partial charge in [0.05, 0.1) is 11.9 Å². The van der Waals surface area contributed by atoms with Gasteiger partial charge in [-0.3, -0.25) is 9.78 Å². The smallest absolute Gasteiger partial charge is 0.274 e. The molecular weight excluding hydrogens is 320 g/mol. The van der Waals surface area contributed by atoms with E-state index < -0.39 is 0 Å². The molecule has 4 rings (SSSR count). The third-order valence-corrected chi connectivity index (χ3v) is 4.51. The second-order valence-electron chi connectivity index (χ2n) is 6.41. The van der Waals surface area contributed by atoms with Crippen molar-refractivity contribution in [3.8, 4) is 6.07 Å². The van der Waals surface area contributed by atoms with Gasteiger partial charge in [-0.1, -0.05) is 0 Å². The zero-order valence-electron chi connectivity index (χ0n) is 14.0. The molecule has 0 radical (unpaired) electrons. The number of oxazole rings is 1. The highest BCUT2D eigenvalue weighted by molar-refractivity contribution is 5.92. The Kier molecular flexibility index (Phi) is 3.84. The van der Waals surface area contributed by atoms with E-state index in [2.05, 4.69) is 21.0 Å². The lowest BCUT2D eigenvalue weighted by atomic mass is 10.2. The highest BCUT2D eigenvalue weighted by Gasteiger charge is 2.33. The van der Waals surface area contributed by atoms with Crippen molar-refractivity contribution >= 4 is 11.8 Å². The summed E-state index contributed by atoms with van der Waals surface area (Å²) >= 11 is 0. The van der Waals surface area contributed by atoms with Crippen LogP contribution in [0.4, 0.5) is 5.88 Å². The van der Waals surface area contributed by atoms with Crippen LogP contribution < -0.4 is 4.90 Å². The van der Waals surface area contributed by atoms with Crippen LogP contribution in [0.1, 0.15) is 46.5 Å². The summed E-state index contributed by atoms with van der Waals surface area (Å²) in [6.07, 6.45) is 5.25. The Morgan fingerprint density at radius 1 is 1.24 bits per heavy atom. The van der Waals surface area contributed by atoms with Crippen molar-refractivity contribution in [3.63, 3.8) is 0 Å². The molecule has 1 aliphatic heterocycles. The van der Waals surface area contributed by atoms with Gasteiger partial charge in [-0.15, -0.1) is 0 Å². The summed E-state index contributed by atoms with van der Waals surface area (Å²) in [7, 11) is 0. The van der Waals surface area contributed by atoms with Crippen molar-refractivity contribution in [2.24, 2.45) is 0 Å². The number of carbonyl (C=O) groups excluding carboxylic acids is 1. The highest BCUT2D eigenvalue weighted by Crippen LogP contribution is 2.41. The highest BCUT2D eigenvalue weighted by atomic mass is 16.4. The molecule has 25 heavy (non-hydrogen) atoms. The molecule has 1 aliphatic carbocycles. The fraction of sp³-hybridized carbons (Fsp3) is 0.471. The Morgan fingerprint density at radius 3 is 2.60 bits per heavy atom. The van der Waals surface area contributed by atoms with Crippen LogP contribution in [0, 0.1) is 18.3 Å². The molecule has 0 spiro atoms. The summed E-state index contributed by atoms with van der Waals surface area (Å²) in [5.74, 6) is 1.44. The van der Waals surface area contributed by atoms with Crippen molar-refractivity contribution in [1.29, 1.82) is 5.26 Å². The van der Waals surface area contributed by atoms with Crippen LogP contribution in [-0.2, 0) is 0 Å². The number of aryl methyl sites for hydroxylation is 1. The van der Waals surface area contributed by atoms with E-state index in [1.807, 2.05) is 11.8 Å². The Bertz CT molecular complexity index is 826. The van der Waals surface area contributed by atoms with Crippen molar-refractivity contribution in [3.05, 3.63) is 35.4 Å². The molecule has 3 heterocycles. The Morgan fingerprint density at radius 2 is 2.00 bits per heavy atom. The molecule has 0 atom stereocenters. The van der Waals surface area contributed by atoms with E-state index in [9.17, 15) is 10.1 Å². The van der Waals surface area contributed by atoms with E-state index in [0.717, 1.165) is 18.5 Å². The summed E-state index contributed by atoms with van der Waals surface area (Å²) in [6, 6.07) is 2.12. The van der Waals surface area contributed by atoms with Gasteiger partial charge in [0.25, 0.3) is 5.91 Å². The van der Waals surface area contributed by atoms with E-state index in [1.165, 1.54) is 6.20 Å². The molecule has 0 unspecified atom stereocenters. The first kappa shape index (κ1) is 15.6. The zero-order valence-corrected chi connectivity index (χ0v) is 14.0. The lowest BCUT2D eigenvalue weighted by molar-refractivity contribution is 0.0739. The minimum absolute atomic E-state index is 0.121. The molecule has 128 valence electrons. The average molecular weight is 338 g/mol. The van der Waals surface area contributed by atoms with E-state index in [1.54, 1.807) is 11.1 Å². The molecule has 2 aromatic heterocycles. The summed E-state index contributed by atoms with van der Waals surface area (Å²) in [5, 5.41) is 9.30. The van der Waals surface area contributed by atoms with Gasteiger partial charge in [0.1, 0.15) is 11.8 Å². The van der Waals surface area contributed by atoms with E-state index in [0.29, 0.717) is 55.3 Å². The predicted molar refractivity (Wildman–Crippen MR) is 88.1 cm³/mol. The first-order valence-corrected chi connectivity index (χ1v) is 8.39. The largest absolute Gasteiger partial charge is 0.423 e. The predicted octanol–water partition coefficient (Wildman–Crippen LogP) is 1.48. The summed E-state index contributed by atoms with van der Waals surface area (Å²) in [6.45, 7) is 4.11. The third kappa shape index (κ3) is 3.05. The summed E-state index contributed by atoms with van der Waals surface area (Å²) < 4.78 is 5.83. The topological polar surface area (TPSA) is 99.2 Å². The average Bonchev–Trinajstić information content (AvgIpc) is 3.41. The SMILES string of the molecule is Cc1cnc(C(=O)N2CCN(c3oc(C4CC4)nc3C#N)CC2)cn1. The Balaban J connectivity index is 1.44. The molecule has 1 saturated heterocycles. The van der Waals surface area contributed by atoms with Crippen LogP contribution in [0.25, 0.3) is 0 Å². The fourth-order valence-electron chi connectivity index (χ4n) is 2.90. The standard InChI is InChI=1S/C17H18N6O2/c1-11-9-20-14(10-19-11)16(24)22-4-6-23(7-5-22)17-13(8-18)21-15(25-17)12-2-3-12/h9-10,12H,2-7H2,1H3. The van der Waals surface area contributed by atoms with Crippen LogP contribution in [-0.4, -0.2) is 51.9 Å². The molecule has 2 aliphatic rings. The number of hydrogen-bond donors (Lipinski definition) is 0. The number of hydrogen-bond acceptors (Lipinski definition) is 7. The molecule has 0 bridgehead atoms. The zero-order chi connectivity index (χ0) is 17.4. The maximum atomic E-state index is 12.5. The van der Waals surface area contributed by atoms with Gasteiger partial charge in [-0.2, -0.15) is 5.26 Å². The van der Waals surface area contributed by atoms with Gasteiger partial charge in [-0.05, 0) is 19.8 Å². The molecule has 2 aromatic rings. The van der Waals surface area contributed by atoms with Crippen LogP contribution in [0.15, 0.2) is 16.8 Å². The lowest BCUT2D eigenvalue weighted by Crippen LogP contribution is -2.49. The number of piperazine rings is 1. The number of nitriles is 1. The number of nitrogens with zero attached hydrogens (tertiary/aromatic N) is 6. The molecule has 2 fully saturated rings. The molecule has 1 amide bonds. The quantitative estimate of drug-likeness (QED) is 0.836. The summed E-state index contributed by atoms with van der Waals surface area (Å²) in [5.41, 5.74) is 1.47. The maximum Gasteiger partial charge on any atom is 0.274 e. The minimum atomic E-state index is -0.121. The molecule has 1 saturated carbocycles. The first-order valence-electron chi connectivity index (χ1n) is 8.39. The van der Waals surface area contributed by atoms with E-state index in [-0.39, 0.29) is 5.91 Å². The van der Waals surface area contributed by atoms with E-state index >= 15 is 0 Å². The molecule has 0 aromatic carbocycles. The van der Waals surface area contributed by atoms with Crippen molar-refractivity contribution in [2.45, 2.75) is 25.7 Å². The Labute approximate surface area is 145 Å². The van der Waals surface area contributed by atoms with E-state index in [4.69, 9.17) is 4.42 Å². The van der Waals surface area contributed by atoms with Gasteiger partial charge in [0, 0.05) is 38.3 Å². The Hall–Kier alpha value is -2.95. The first-order chi connectivity index (χ1) is 12.2. The van der Waals surface area contributed by atoms with Gasteiger partial charge >= 0.3 is 0 Å². The second kappa shape index (κ2) is 6.16. The molecule has 8 heteroatoms. The third-order valence-electron chi connectivity index (χ3n) is 4.51. The number of carbonyl (C=O) groups is 1. The molecule has 8 nitrogen and oxygen atoms in total. The van der Waals surface area contributed by atoms with Crippen LogP contribution in [0.5, 0.6) is 0 Å². The number of anilines is 1. The lowest BCUT2D eigenvalue weighted by Gasteiger charge is -2.34. The molecule has 0 N–H and O–H groups in total. The normalized spacial score (nSPS) is 17.4. The van der Waals surface area contributed by atoms with Crippen molar-refractivity contribution < 1.29 is 9.21 Å². The van der Waals surface area contributed by atoms with Gasteiger partial charge in [0.2, 0.25) is 17.5 Å². The van der Waals surface area contributed by atoms with Gasteiger partial charge in [-0.25, -0.2) is 9.97 Å². The van der Waals surface area contributed by atoms with Crippen LogP contribution in [0.3, 0.4) is 0 Å². The number of amides is 1. The van der Waals surface area contributed by atoms with Crippen molar-refractivity contribution in [1.82, 2.24) is 19.9 Å². The monoisotopic (exact) mass is 338 g/mol. The van der Waals surface area contributed by atoms with Gasteiger partial charge < -0.3 is 14.2 Å². The number of rotatable bonds is 3. The maximum absolute atomic E-state index is 12.5. The van der Waals surface area contributed by atoms with Gasteiger partial charge in [0.15, 0.2) is 0 Å². The second-order valence-corrected chi connectivity index (χ2v) is 6.41. The fourth-order valence-corrected chi connectivity index (χ4v) is 2.90. The molecular formula is C17H18N6O2. The number of aromatic nitrogens is 3. The van der Waals surface area contributed by atoms with Crippen molar-refractivity contribution in [2.75, 3.05) is 31.1 Å². The van der Waals surface area contributed by atoms with Crippen LogP contribution in [0.2, 0.25) is 0 Å². The van der Waals surface area contributed by atoms with Crippen LogP contribution >= 0.6 is 0 Å². The minimum Gasteiger partial charge on any atom is -0.423 e. The summed E-state index contributed by atoms with van der Waals surface area (Å²) in [4.78, 5) is 28.8.